The first-order valence-corrected chi connectivity index (χ1v) is 6.87. The van der Waals surface area contributed by atoms with Crippen molar-refractivity contribution >= 4 is 11.9 Å². The zero-order valence-electron chi connectivity index (χ0n) is 11.5. The standard InChI is InChI=1S/C13H22N2O4/c1-9-6-15(7-10(2)19-9)12(16)8-14-5-3-4-11(14)13(17)18/h9-11H,3-8H2,1-2H3,(H,17,18)/t9-,10+,11-/m1/s1. The van der Waals surface area contributed by atoms with E-state index in [1.54, 1.807) is 9.80 Å². The second-order valence-corrected chi connectivity index (χ2v) is 5.52. The molecule has 0 bridgehead atoms. The van der Waals surface area contributed by atoms with Crippen LogP contribution >= 0.6 is 0 Å². The average molecular weight is 270 g/mol. The molecule has 0 radical (unpaired) electrons. The Labute approximate surface area is 113 Å². The number of hydrogen-bond donors (Lipinski definition) is 1. The van der Waals surface area contributed by atoms with E-state index in [9.17, 15) is 9.59 Å². The number of nitrogens with zero attached hydrogens (tertiary/aromatic N) is 2. The summed E-state index contributed by atoms with van der Waals surface area (Å²) < 4.78 is 5.59. The van der Waals surface area contributed by atoms with Crippen LogP contribution in [0, 0.1) is 0 Å². The van der Waals surface area contributed by atoms with Crippen molar-refractivity contribution in [3.63, 3.8) is 0 Å². The van der Waals surface area contributed by atoms with Crippen molar-refractivity contribution in [1.82, 2.24) is 9.80 Å². The summed E-state index contributed by atoms with van der Waals surface area (Å²) in [7, 11) is 0. The highest BCUT2D eigenvalue weighted by molar-refractivity contribution is 5.80. The predicted molar refractivity (Wildman–Crippen MR) is 68.8 cm³/mol. The van der Waals surface area contributed by atoms with Gasteiger partial charge in [-0.2, -0.15) is 0 Å². The molecule has 2 aliphatic heterocycles. The van der Waals surface area contributed by atoms with E-state index in [1.807, 2.05) is 13.8 Å². The first-order valence-electron chi connectivity index (χ1n) is 6.87. The number of rotatable bonds is 3. The third kappa shape index (κ3) is 3.45. The van der Waals surface area contributed by atoms with Crippen LogP contribution in [-0.2, 0) is 14.3 Å². The number of carbonyl (C=O) groups excluding carboxylic acids is 1. The highest BCUT2D eigenvalue weighted by atomic mass is 16.5. The maximum atomic E-state index is 12.2. The van der Waals surface area contributed by atoms with E-state index in [0.29, 0.717) is 26.1 Å². The Bertz CT molecular complexity index is 351. The second-order valence-electron chi connectivity index (χ2n) is 5.52. The molecular weight excluding hydrogens is 248 g/mol. The molecule has 2 heterocycles. The number of carboxylic acids is 1. The summed E-state index contributed by atoms with van der Waals surface area (Å²) in [5.41, 5.74) is 0. The molecule has 0 aromatic carbocycles. The van der Waals surface area contributed by atoms with Crippen molar-refractivity contribution in [3.8, 4) is 0 Å². The van der Waals surface area contributed by atoms with Crippen molar-refractivity contribution in [1.29, 1.82) is 0 Å². The van der Waals surface area contributed by atoms with Crippen molar-refractivity contribution in [2.75, 3.05) is 26.2 Å². The van der Waals surface area contributed by atoms with Crippen LogP contribution in [0.3, 0.4) is 0 Å². The molecule has 108 valence electrons. The maximum absolute atomic E-state index is 12.2. The average Bonchev–Trinajstić information content (AvgIpc) is 2.75. The molecule has 0 spiro atoms. The molecule has 1 N–H and O–H groups in total. The summed E-state index contributed by atoms with van der Waals surface area (Å²) in [4.78, 5) is 26.9. The number of hydrogen-bond acceptors (Lipinski definition) is 4. The molecule has 2 saturated heterocycles. The molecule has 19 heavy (non-hydrogen) atoms. The fourth-order valence-corrected chi connectivity index (χ4v) is 2.95. The summed E-state index contributed by atoms with van der Waals surface area (Å²) in [6.45, 7) is 5.98. The summed E-state index contributed by atoms with van der Waals surface area (Å²) in [5, 5.41) is 9.10. The minimum atomic E-state index is -0.825. The van der Waals surface area contributed by atoms with Crippen LogP contribution in [0.15, 0.2) is 0 Å². The molecule has 0 unspecified atom stereocenters. The Hall–Kier alpha value is -1.14. The number of carbonyl (C=O) groups is 2. The molecule has 2 fully saturated rings. The first kappa shape index (κ1) is 14.3. The highest BCUT2D eigenvalue weighted by Crippen LogP contribution is 2.18. The molecule has 1 amide bonds. The fraction of sp³-hybridized carbons (Fsp3) is 0.846. The molecular formula is C13H22N2O4. The largest absolute Gasteiger partial charge is 0.480 e. The third-order valence-corrected chi connectivity index (χ3v) is 3.76. The monoisotopic (exact) mass is 270 g/mol. The van der Waals surface area contributed by atoms with Gasteiger partial charge in [0.15, 0.2) is 0 Å². The third-order valence-electron chi connectivity index (χ3n) is 3.76. The van der Waals surface area contributed by atoms with Crippen molar-refractivity contribution < 1.29 is 19.4 Å². The van der Waals surface area contributed by atoms with Gasteiger partial charge in [0, 0.05) is 13.1 Å². The van der Waals surface area contributed by atoms with E-state index in [0.717, 1.165) is 6.42 Å². The molecule has 2 aliphatic rings. The number of likely N-dealkylation sites (tertiary alicyclic amines) is 1. The molecule has 0 aromatic rings. The van der Waals surface area contributed by atoms with Gasteiger partial charge in [-0.25, -0.2) is 0 Å². The summed E-state index contributed by atoms with van der Waals surface area (Å²) in [6, 6.07) is -0.500. The van der Waals surface area contributed by atoms with Crippen molar-refractivity contribution in [3.05, 3.63) is 0 Å². The molecule has 0 aromatic heterocycles. The lowest BCUT2D eigenvalue weighted by atomic mass is 10.2. The smallest absolute Gasteiger partial charge is 0.320 e. The van der Waals surface area contributed by atoms with Crippen LogP contribution in [0.25, 0.3) is 0 Å². The first-order chi connectivity index (χ1) is 8.97. The summed E-state index contributed by atoms with van der Waals surface area (Å²) >= 11 is 0. The normalized spacial score (nSPS) is 32.5. The van der Waals surface area contributed by atoms with Crippen molar-refractivity contribution in [2.24, 2.45) is 0 Å². The zero-order valence-corrected chi connectivity index (χ0v) is 11.5. The molecule has 0 aliphatic carbocycles. The molecule has 6 heteroatoms. The Morgan fingerprint density at radius 1 is 1.26 bits per heavy atom. The van der Waals surface area contributed by atoms with Gasteiger partial charge in [-0.05, 0) is 33.2 Å². The molecule has 3 atom stereocenters. The Kier molecular flexibility index (Phi) is 4.42. The molecule has 2 rings (SSSR count). The second kappa shape index (κ2) is 5.88. The van der Waals surface area contributed by atoms with Crippen LogP contribution in [0.4, 0.5) is 0 Å². The van der Waals surface area contributed by atoms with Gasteiger partial charge in [0.2, 0.25) is 5.91 Å². The van der Waals surface area contributed by atoms with Crippen LogP contribution in [0.1, 0.15) is 26.7 Å². The summed E-state index contributed by atoms with van der Waals surface area (Å²) in [5.74, 6) is -0.816. The Balaban J connectivity index is 1.91. The quantitative estimate of drug-likeness (QED) is 0.791. The van der Waals surface area contributed by atoms with Crippen molar-refractivity contribution in [2.45, 2.75) is 44.9 Å². The minimum Gasteiger partial charge on any atom is -0.480 e. The van der Waals surface area contributed by atoms with E-state index >= 15 is 0 Å². The topological polar surface area (TPSA) is 70.1 Å². The lowest BCUT2D eigenvalue weighted by Crippen LogP contribution is -2.52. The van der Waals surface area contributed by atoms with Gasteiger partial charge in [0.25, 0.3) is 0 Å². The van der Waals surface area contributed by atoms with Crippen LogP contribution < -0.4 is 0 Å². The van der Waals surface area contributed by atoms with Gasteiger partial charge < -0.3 is 14.7 Å². The predicted octanol–water partition coefficient (Wildman–Crippen LogP) is 0.171. The van der Waals surface area contributed by atoms with Crippen LogP contribution in [0.2, 0.25) is 0 Å². The number of aliphatic carboxylic acids is 1. The highest BCUT2D eigenvalue weighted by Gasteiger charge is 2.34. The Morgan fingerprint density at radius 3 is 2.47 bits per heavy atom. The van der Waals surface area contributed by atoms with E-state index < -0.39 is 12.0 Å². The maximum Gasteiger partial charge on any atom is 0.320 e. The lowest BCUT2D eigenvalue weighted by molar-refractivity contribution is -0.147. The van der Waals surface area contributed by atoms with Gasteiger partial charge >= 0.3 is 5.97 Å². The minimum absolute atomic E-state index is 0.00940. The van der Waals surface area contributed by atoms with Gasteiger partial charge in [-0.1, -0.05) is 0 Å². The lowest BCUT2D eigenvalue weighted by Gasteiger charge is -2.36. The number of morpholine rings is 1. The van der Waals surface area contributed by atoms with Gasteiger partial charge in [-0.3, -0.25) is 14.5 Å². The van der Waals surface area contributed by atoms with E-state index in [-0.39, 0.29) is 24.7 Å². The van der Waals surface area contributed by atoms with Crippen LogP contribution in [0.5, 0.6) is 0 Å². The summed E-state index contributed by atoms with van der Waals surface area (Å²) in [6.07, 6.45) is 1.57. The van der Waals surface area contributed by atoms with Crippen LogP contribution in [-0.4, -0.2) is 71.2 Å². The number of amides is 1. The zero-order chi connectivity index (χ0) is 14.0. The number of ether oxygens (including phenoxy) is 1. The van der Waals surface area contributed by atoms with Gasteiger partial charge in [-0.15, -0.1) is 0 Å². The SMILES string of the molecule is C[C@@H]1CN(C(=O)CN2CCC[C@@H]2C(=O)O)C[C@H](C)O1. The van der Waals surface area contributed by atoms with E-state index in [1.165, 1.54) is 0 Å². The Morgan fingerprint density at radius 2 is 1.89 bits per heavy atom. The van der Waals surface area contributed by atoms with Gasteiger partial charge in [0.05, 0.1) is 18.8 Å². The molecule has 6 nitrogen and oxygen atoms in total. The van der Waals surface area contributed by atoms with Gasteiger partial charge in [0.1, 0.15) is 6.04 Å². The molecule has 0 saturated carbocycles. The van der Waals surface area contributed by atoms with E-state index in [4.69, 9.17) is 9.84 Å². The number of carboxylic acid groups (broad SMARTS) is 1. The van der Waals surface area contributed by atoms with E-state index in [2.05, 4.69) is 0 Å². The fourth-order valence-electron chi connectivity index (χ4n) is 2.95.